The number of hydrogen-bond donors (Lipinski definition) is 1. The molecule has 0 atom stereocenters. The van der Waals surface area contributed by atoms with Crippen molar-refractivity contribution >= 4 is 18.3 Å². The van der Waals surface area contributed by atoms with Gasteiger partial charge in [0, 0.05) is 13.6 Å². The Hall–Kier alpha value is -2.04. The summed E-state index contributed by atoms with van der Waals surface area (Å²) in [6, 6.07) is 12.4. The van der Waals surface area contributed by atoms with Gasteiger partial charge in [-0.2, -0.15) is 0 Å². The van der Waals surface area contributed by atoms with Crippen LogP contribution in [0.25, 0.3) is 0 Å². The van der Waals surface area contributed by atoms with Gasteiger partial charge in [0.25, 0.3) is 0 Å². The van der Waals surface area contributed by atoms with E-state index in [0.717, 1.165) is 22.4 Å². The molecular formula is C20H27ClN2O2. The molecule has 0 saturated heterocycles. The Bertz CT molecular complexity index is 708. The van der Waals surface area contributed by atoms with Crippen molar-refractivity contribution in [3.05, 3.63) is 64.2 Å². The van der Waals surface area contributed by atoms with Crippen molar-refractivity contribution in [3.8, 4) is 5.75 Å². The monoisotopic (exact) mass is 362 g/mol. The molecule has 0 saturated carbocycles. The maximum atomic E-state index is 11.6. The van der Waals surface area contributed by atoms with E-state index in [2.05, 4.69) is 31.2 Å². The van der Waals surface area contributed by atoms with Crippen LogP contribution in [0.1, 0.15) is 27.8 Å². The first-order valence-electron chi connectivity index (χ1n) is 8.13. The predicted octanol–water partition coefficient (Wildman–Crippen LogP) is 3.53. The molecular weight excluding hydrogens is 336 g/mol. The topological polar surface area (TPSA) is 55.6 Å². The number of benzene rings is 2. The summed E-state index contributed by atoms with van der Waals surface area (Å²) < 4.78 is 6.06. The Morgan fingerprint density at radius 2 is 1.68 bits per heavy atom. The van der Waals surface area contributed by atoms with E-state index in [-0.39, 0.29) is 24.9 Å². The second kappa shape index (κ2) is 9.44. The number of nitrogens with two attached hydrogens (primary N) is 1. The lowest BCUT2D eigenvalue weighted by molar-refractivity contribution is -0.128. The van der Waals surface area contributed by atoms with Crippen LogP contribution in [-0.4, -0.2) is 24.4 Å². The maximum absolute atomic E-state index is 11.6. The molecule has 0 fully saturated rings. The van der Waals surface area contributed by atoms with Crippen LogP contribution in [-0.2, 0) is 17.9 Å². The lowest BCUT2D eigenvalue weighted by Crippen LogP contribution is -2.32. The minimum absolute atomic E-state index is 0. The molecule has 2 rings (SSSR count). The Morgan fingerprint density at radius 1 is 1.08 bits per heavy atom. The van der Waals surface area contributed by atoms with Gasteiger partial charge < -0.3 is 15.4 Å². The highest BCUT2D eigenvalue weighted by molar-refractivity contribution is 5.85. The smallest absolute Gasteiger partial charge is 0.236 e. The minimum atomic E-state index is -0.0646. The standard InChI is InChI=1S/C20H26N2O2.ClH/c1-14-7-5-6-8-18(14)13-24-20-15(2)9-17(10-16(20)3)12-22(4)19(23)11-21;/h5-10H,11-13,21H2,1-4H3;1H. The summed E-state index contributed by atoms with van der Waals surface area (Å²) in [4.78, 5) is 13.3. The third-order valence-corrected chi connectivity index (χ3v) is 4.17. The fourth-order valence-electron chi connectivity index (χ4n) is 2.80. The van der Waals surface area contributed by atoms with Crippen LogP contribution in [0.4, 0.5) is 0 Å². The number of hydrogen-bond acceptors (Lipinski definition) is 3. The second-order valence-corrected chi connectivity index (χ2v) is 6.23. The van der Waals surface area contributed by atoms with Gasteiger partial charge in [0.15, 0.2) is 0 Å². The molecule has 2 N–H and O–H groups in total. The number of amides is 1. The Labute approximate surface area is 156 Å². The van der Waals surface area contributed by atoms with Crippen molar-refractivity contribution in [2.45, 2.75) is 33.9 Å². The first-order chi connectivity index (χ1) is 11.4. The number of ether oxygens (including phenoxy) is 1. The van der Waals surface area contributed by atoms with Gasteiger partial charge >= 0.3 is 0 Å². The summed E-state index contributed by atoms with van der Waals surface area (Å²) in [6.07, 6.45) is 0. The largest absolute Gasteiger partial charge is 0.488 e. The highest BCUT2D eigenvalue weighted by Crippen LogP contribution is 2.26. The molecule has 0 spiro atoms. The van der Waals surface area contributed by atoms with Crippen LogP contribution in [0.5, 0.6) is 5.75 Å². The lowest BCUT2D eigenvalue weighted by Gasteiger charge is -2.19. The minimum Gasteiger partial charge on any atom is -0.488 e. The van der Waals surface area contributed by atoms with Crippen molar-refractivity contribution in [1.29, 1.82) is 0 Å². The average Bonchev–Trinajstić information content (AvgIpc) is 2.54. The number of likely N-dealkylation sites (N-methyl/N-ethyl adjacent to an activating group) is 1. The van der Waals surface area contributed by atoms with Gasteiger partial charge in [-0.05, 0) is 48.6 Å². The van der Waals surface area contributed by atoms with E-state index in [9.17, 15) is 4.79 Å². The zero-order valence-corrected chi connectivity index (χ0v) is 16.2. The summed E-state index contributed by atoms with van der Waals surface area (Å²) in [6.45, 7) is 7.30. The molecule has 0 aliphatic heterocycles. The van der Waals surface area contributed by atoms with E-state index >= 15 is 0 Å². The molecule has 4 nitrogen and oxygen atoms in total. The number of rotatable bonds is 6. The summed E-state index contributed by atoms with van der Waals surface area (Å²) >= 11 is 0. The Kier molecular flexibility index (Phi) is 7.94. The zero-order chi connectivity index (χ0) is 17.7. The highest BCUT2D eigenvalue weighted by atomic mass is 35.5. The van der Waals surface area contributed by atoms with E-state index < -0.39 is 0 Å². The van der Waals surface area contributed by atoms with Crippen LogP contribution >= 0.6 is 12.4 Å². The summed E-state index contributed by atoms with van der Waals surface area (Å²) in [5, 5.41) is 0. The zero-order valence-electron chi connectivity index (χ0n) is 15.3. The van der Waals surface area contributed by atoms with Crippen molar-refractivity contribution in [3.63, 3.8) is 0 Å². The van der Waals surface area contributed by atoms with Gasteiger partial charge in [-0.3, -0.25) is 4.79 Å². The third-order valence-electron chi connectivity index (χ3n) is 4.17. The number of halogens is 1. The number of carbonyl (C=O) groups is 1. The van der Waals surface area contributed by atoms with Gasteiger partial charge in [0.2, 0.25) is 5.91 Å². The molecule has 5 heteroatoms. The molecule has 0 aliphatic carbocycles. The van der Waals surface area contributed by atoms with Crippen molar-refractivity contribution in [1.82, 2.24) is 4.90 Å². The SMILES string of the molecule is Cc1ccccc1COc1c(C)cc(CN(C)C(=O)CN)cc1C.Cl. The summed E-state index contributed by atoms with van der Waals surface area (Å²) in [7, 11) is 1.77. The number of carbonyl (C=O) groups excluding carboxylic acids is 1. The molecule has 0 unspecified atom stereocenters. The van der Waals surface area contributed by atoms with Crippen LogP contribution < -0.4 is 10.5 Å². The van der Waals surface area contributed by atoms with Gasteiger partial charge in [0.05, 0.1) is 6.54 Å². The fraction of sp³-hybridized carbons (Fsp3) is 0.350. The first kappa shape index (κ1) is 21.0. The summed E-state index contributed by atoms with van der Waals surface area (Å²) in [5.74, 6) is 0.847. The number of nitrogens with zero attached hydrogens (tertiary/aromatic N) is 1. The van der Waals surface area contributed by atoms with E-state index in [1.54, 1.807) is 11.9 Å². The average molecular weight is 363 g/mol. The van der Waals surface area contributed by atoms with Crippen molar-refractivity contribution < 1.29 is 9.53 Å². The molecule has 0 bridgehead atoms. The molecule has 0 heterocycles. The van der Waals surface area contributed by atoms with Gasteiger partial charge in [-0.1, -0.05) is 36.4 Å². The van der Waals surface area contributed by atoms with E-state index in [0.29, 0.717) is 13.2 Å². The lowest BCUT2D eigenvalue weighted by atomic mass is 10.0. The van der Waals surface area contributed by atoms with Crippen LogP contribution in [0.3, 0.4) is 0 Å². The maximum Gasteiger partial charge on any atom is 0.236 e. The number of aryl methyl sites for hydroxylation is 3. The molecule has 25 heavy (non-hydrogen) atoms. The molecule has 2 aromatic rings. The first-order valence-corrected chi connectivity index (χ1v) is 8.13. The van der Waals surface area contributed by atoms with E-state index in [4.69, 9.17) is 10.5 Å². The molecule has 1 amide bonds. The molecule has 0 aliphatic rings. The molecule has 0 aromatic heterocycles. The van der Waals surface area contributed by atoms with Crippen LogP contribution in [0.2, 0.25) is 0 Å². The molecule has 2 aromatic carbocycles. The van der Waals surface area contributed by atoms with Crippen LogP contribution in [0.15, 0.2) is 36.4 Å². The fourth-order valence-corrected chi connectivity index (χ4v) is 2.80. The van der Waals surface area contributed by atoms with Crippen molar-refractivity contribution in [2.24, 2.45) is 5.73 Å². The normalized spacial score (nSPS) is 10.1. The Morgan fingerprint density at radius 3 is 2.24 bits per heavy atom. The Balaban J connectivity index is 0.00000312. The van der Waals surface area contributed by atoms with Crippen LogP contribution in [0, 0.1) is 20.8 Å². The predicted molar refractivity (Wildman–Crippen MR) is 104 cm³/mol. The van der Waals surface area contributed by atoms with E-state index in [1.165, 1.54) is 11.1 Å². The quantitative estimate of drug-likeness (QED) is 0.855. The van der Waals surface area contributed by atoms with Crippen molar-refractivity contribution in [2.75, 3.05) is 13.6 Å². The third kappa shape index (κ3) is 5.48. The molecule has 0 radical (unpaired) electrons. The second-order valence-electron chi connectivity index (χ2n) is 6.23. The molecule has 136 valence electrons. The van der Waals surface area contributed by atoms with E-state index in [1.807, 2.05) is 26.0 Å². The van der Waals surface area contributed by atoms with Gasteiger partial charge in [-0.15, -0.1) is 12.4 Å². The highest BCUT2D eigenvalue weighted by Gasteiger charge is 2.11. The van der Waals surface area contributed by atoms with Gasteiger partial charge in [0.1, 0.15) is 12.4 Å². The summed E-state index contributed by atoms with van der Waals surface area (Å²) in [5.41, 5.74) is 11.1. The van der Waals surface area contributed by atoms with Gasteiger partial charge in [-0.25, -0.2) is 0 Å².